The summed E-state index contributed by atoms with van der Waals surface area (Å²) in [6, 6.07) is 9.57. The molecule has 1 heterocycles. The van der Waals surface area contributed by atoms with Crippen LogP contribution in [0.25, 0.3) is 0 Å². The van der Waals surface area contributed by atoms with Crippen molar-refractivity contribution in [3.63, 3.8) is 0 Å². The van der Waals surface area contributed by atoms with Gasteiger partial charge < -0.3 is 16.0 Å². The standard InChI is InChI=1S/C14H17N3O/c15-13-3-1-2-11(8-13)4-5-14(18)17-10-12-6-7-16-9-12/h1-3,6-9,16H,4-5,10,15H2,(H,17,18). The van der Waals surface area contributed by atoms with E-state index in [0.717, 1.165) is 16.8 Å². The highest BCUT2D eigenvalue weighted by Crippen LogP contribution is 2.08. The molecule has 2 aromatic rings. The summed E-state index contributed by atoms with van der Waals surface area (Å²) in [5.74, 6) is 0.0543. The Balaban J connectivity index is 1.75. The number of hydrogen-bond donors (Lipinski definition) is 3. The number of carbonyl (C=O) groups excluding carboxylic acids is 1. The topological polar surface area (TPSA) is 70.9 Å². The number of anilines is 1. The number of benzene rings is 1. The Morgan fingerprint density at radius 1 is 1.28 bits per heavy atom. The molecule has 1 aromatic carbocycles. The maximum absolute atomic E-state index is 11.6. The van der Waals surface area contributed by atoms with Crippen LogP contribution in [-0.2, 0) is 17.8 Å². The molecular weight excluding hydrogens is 226 g/mol. The van der Waals surface area contributed by atoms with Gasteiger partial charge in [0.05, 0.1) is 0 Å². The first-order chi connectivity index (χ1) is 8.74. The summed E-state index contributed by atoms with van der Waals surface area (Å²) in [4.78, 5) is 14.6. The molecule has 0 aliphatic heterocycles. The summed E-state index contributed by atoms with van der Waals surface area (Å²) >= 11 is 0. The first kappa shape index (κ1) is 12.2. The van der Waals surface area contributed by atoms with Crippen molar-refractivity contribution in [1.29, 1.82) is 0 Å². The molecule has 18 heavy (non-hydrogen) atoms. The van der Waals surface area contributed by atoms with Crippen LogP contribution in [0.4, 0.5) is 5.69 Å². The number of nitrogens with two attached hydrogens (primary N) is 1. The number of amides is 1. The third kappa shape index (κ3) is 3.66. The number of aromatic nitrogens is 1. The highest BCUT2D eigenvalue weighted by Gasteiger charge is 2.02. The van der Waals surface area contributed by atoms with Crippen molar-refractivity contribution in [3.8, 4) is 0 Å². The van der Waals surface area contributed by atoms with Gasteiger partial charge in [-0.2, -0.15) is 0 Å². The average molecular weight is 243 g/mol. The number of hydrogen-bond acceptors (Lipinski definition) is 2. The first-order valence-electron chi connectivity index (χ1n) is 5.97. The number of nitrogen functional groups attached to an aromatic ring is 1. The van der Waals surface area contributed by atoms with Crippen LogP contribution in [-0.4, -0.2) is 10.9 Å². The molecule has 0 unspecified atom stereocenters. The second-order valence-corrected chi connectivity index (χ2v) is 4.24. The van der Waals surface area contributed by atoms with Crippen LogP contribution in [0.3, 0.4) is 0 Å². The molecule has 4 heteroatoms. The monoisotopic (exact) mass is 243 g/mol. The number of rotatable bonds is 5. The van der Waals surface area contributed by atoms with Gasteiger partial charge in [0.25, 0.3) is 0 Å². The number of carbonyl (C=O) groups is 1. The van der Waals surface area contributed by atoms with E-state index in [1.54, 1.807) is 0 Å². The van der Waals surface area contributed by atoms with Gasteiger partial charge in [-0.1, -0.05) is 12.1 Å². The molecule has 0 bridgehead atoms. The van der Waals surface area contributed by atoms with Crippen molar-refractivity contribution in [2.24, 2.45) is 0 Å². The zero-order chi connectivity index (χ0) is 12.8. The van der Waals surface area contributed by atoms with Crippen LogP contribution in [0.15, 0.2) is 42.7 Å². The minimum Gasteiger partial charge on any atom is -0.399 e. The highest BCUT2D eigenvalue weighted by molar-refractivity contribution is 5.76. The molecule has 0 spiro atoms. The van der Waals surface area contributed by atoms with E-state index >= 15 is 0 Å². The lowest BCUT2D eigenvalue weighted by Gasteiger charge is -2.04. The van der Waals surface area contributed by atoms with E-state index in [2.05, 4.69) is 10.3 Å². The number of aryl methyl sites for hydroxylation is 1. The fourth-order valence-corrected chi connectivity index (χ4v) is 1.76. The number of aromatic amines is 1. The molecule has 1 aromatic heterocycles. The molecular formula is C14H17N3O. The fraction of sp³-hybridized carbons (Fsp3) is 0.214. The summed E-state index contributed by atoms with van der Waals surface area (Å²) in [5.41, 5.74) is 8.59. The maximum atomic E-state index is 11.6. The third-order valence-electron chi connectivity index (χ3n) is 2.74. The highest BCUT2D eigenvalue weighted by atomic mass is 16.1. The molecule has 0 saturated heterocycles. The molecule has 2 rings (SSSR count). The van der Waals surface area contributed by atoms with E-state index in [9.17, 15) is 4.79 Å². The molecule has 1 amide bonds. The normalized spacial score (nSPS) is 10.2. The minimum absolute atomic E-state index is 0.0543. The lowest BCUT2D eigenvalue weighted by atomic mass is 10.1. The van der Waals surface area contributed by atoms with E-state index in [0.29, 0.717) is 19.4 Å². The molecule has 0 aliphatic carbocycles. The van der Waals surface area contributed by atoms with Crippen molar-refractivity contribution < 1.29 is 4.79 Å². The van der Waals surface area contributed by atoms with E-state index in [1.807, 2.05) is 42.7 Å². The predicted molar refractivity (Wildman–Crippen MR) is 71.8 cm³/mol. The van der Waals surface area contributed by atoms with Crippen LogP contribution in [0.2, 0.25) is 0 Å². The van der Waals surface area contributed by atoms with Gasteiger partial charge >= 0.3 is 0 Å². The molecule has 0 radical (unpaired) electrons. The summed E-state index contributed by atoms with van der Waals surface area (Å²) in [7, 11) is 0. The predicted octanol–water partition coefficient (Wildman–Crippen LogP) is 1.85. The first-order valence-corrected chi connectivity index (χ1v) is 5.97. The summed E-state index contributed by atoms with van der Waals surface area (Å²) in [6.45, 7) is 0.569. The van der Waals surface area contributed by atoms with Gasteiger partial charge in [-0.3, -0.25) is 4.79 Å². The van der Waals surface area contributed by atoms with Gasteiger partial charge in [0, 0.05) is 31.0 Å². The van der Waals surface area contributed by atoms with E-state index in [-0.39, 0.29) is 5.91 Å². The Morgan fingerprint density at radius 2 is 2.17 bits per heavy atom. The quantitative estimate of drug-likeness (QED) is 0.701. The van der Waals surface area contributed by atoms with E-state index < -0.39 is 0 Å². The minimum atomic E-state index is 0.0543. The van der Waals surface area contributed by atoms with Gasteiger partial charge in [0.15, 0.2) is 0 Å². The van der Waals surface area contributed by atoms with Crippen LogP contribution < -0.4 is 11.1 Å². The lowest BCUT2D eigenvalue weighted by Crippen LogP contribution is -2.22. The Labute approximate surface area is 106 Å². The molecule has 0 saturated carbocycles. The second kappa shape index (κ2) is 5.91. The van der Waals surface area contributed by atoms with Crippen molar-refractivity contribution >= 4 is 11.6 Å². The van der Waals surface area contributed by atoms with Gasteiger partial charge in [-0.25, -0.2) is 0 Å². The second-order valence-electron chi connectivity index (χ2n) is 4.24. The molecule has 0 atom stereocenters. The largest absolute Gasteiger partial charge is 0.399 e. The lowest BCUT2D eigenvalue weighted by molar-refractivity contribution is -0.121. The van der Waals surface area contributed by atoms with Crippen LogP contribution in [0, 0.1) is 0 Å². The van der Waals surface area contributed by atoms with Crippen LogP contribution in [0.5, 0.6) is 0 Å². The van der Waals surface area contributed by atoms with Crippen molar-refractivity contribution in [1.82, 2.24) is 10.3 Å². The Bertz CT molecular complexity index is 506. The Hall–Kier alpha value is -2.23. The van der Waals surface area contributed by atoms with E-state index in [1.165, 1.54) is 0 Å². The molecule has 0 aliphatic rings. The molecule has 94 valence electrons. The van der Waals surface area contributed by atoms with E-state index in [4.69, 9.17) is 5.73 Å². The summed E-state index contributed by atoms with van der Waals surface area (Å²) < 4.78 is 0. The van der Waals surface area contributed by atoms with Gasteiger partial charge in [0.2, 0.25) is 5.91 Å². The molecule has 0 fully saturated rings. The Morgan fingerprint density at radius 3 is 2.89 bits per heavy atom. The van der Waals surface area contributed by atoms with Gasteiger partial charge in [-0.15, -0.1) is 0 Å². The van der Waals surface area contributed by atoms with Crippen molar-refractivity contribution in [2.45, 2.75) is 19.4 Å². The van der Waals surface area contributed by atoms with Crippen LogP contribution in [0.1, 0.15) is 17.5 Å². The van der Waals surface area contributed by atoms with Gasteiger partial charge in [0.1, 0.15) is 0 Å². The van der Waals surface area contributed by atoms with Crippen molar-refractivity contribution in [2.75, 3.05) is 5.73 Å². The van der Waals surface area contributed by atoms with Gasteiger partial charge in [-0.05, 0) is 35.7 Å². The zero-order valence-electron chi connectivity index (χ0n) is 10.1. The molecule has 4 nitrogen and oxygen atoms in total. The number of nitrogens with one attached hydrogen (secondary N) is 2. The van der Waals surface area contributed by atoms with Crippen LogP contribution >= 0.6 is 0 Å². The Kier molecular flexibility index (Phi) is 4.02. The molecule has 4 N–H and O–H groups in total. The average Bonchev–Trinajstić information content (AvgIpc) is 2.87. The zero-order valence-corrected chi connectivity index (χ0v) is 10.1. The third-order valence-corrected chi connectivity index (χ3v) is 2.74. The number of H-pyrrole nitrogens is 1. The van der Waals surface area contributed by atoms with Crippen molar-refractivity contribution in [3.05, 3.63) is 53.9 Å². The summed E-state index contributed by atoms with van der Waals surface area (Å²) in [6.07, 6.45) is 4.91. The maximum Gasteiger partial charge on any atom is 0.220 e. The SMILES string of the molecule is Nc1cccc(CCC(=O)NCc2cc[nH]c2)c1. The fourth-order valence-electron chi connectivity index (χ4n) is 1.76. The smallest absolute Gasteiger partial charge is 0.220 e. The summed E-state index contributed by atoms with van der Waals surface area (Å²) in [5, 5.41) is 2.88.